The minimum Gasteiger partial charge on any atom is -0.350 e. The second kappa shape index (κ2) is 9.16. The topological polar surface area (TPSA) is 86.8 Å². The summed E-state index contributed by atoms with van der Waals surface area (Å²) in [6.45, 7) is 1.88. The zero-order chi connectivity index (χ0) is 22.9. The Hall–Kier alpha value is -2.13. The lowest BCUT2D eigenvalue weighted by molar-refractivity contribution is -0.119. The van der Waals surface area contributed by atoms with Gasteiger partial charge in [-0.3, -0.25) is 9.59 Å². The van der Waals surface area contributed by atoms with Crippen LogP contribution in [0.5, 0.6) is 0 Å². The van der Waals surface area contributed by atoms with Crippen molar-refractivity contribution in [2.24, 2.45) is 5.92 Å². The highest BCUT2D eigenvalue weighted by Gasteiger charge is 2.42. The zero-order valence-electron chi connectivity index (χ0n) is 17.3. The van der Waals surface area contributed by atoms with Crippen LogP contribution in [0.1, 0.15) is 28.9 Å². The Bertz CT molecular complexity index is 1100. The Morgan fingerprint density at radius 2 is 1.84 bits per heavy atom. The van der Waals surface area contributed by atoms with Gasteiger partial charge in [0.15, 0.2) is 0 Å². The number of benzene rings is 2. The summed E-state index contributed by atoms with van der Waals surface area (Å²) in [5.74, 6) is -1.78. The third-order valence-electron chi connectivity index (χ3n) is 5.13. The van der Waals surface area contributed by atoms with Gasteiger partial charge in [-0.25, -0.2) is 12.7 Å². The molecule has 10 heteroatoms. The van der Waals surface area contributed by atoms with Crippen LogP contribution in [0.3, 0.4) is 0 Å². The van der Waals surface area contributed by atoms with Crippen LogP contribution in [-0.4, -0.2) is 51.5 Å². The number of anilines is 1. The molecule has 0 radical (unpaired) electrons. The van der Waals surface area contributed by atoms with E-state index in [9.17, 15) is 18.0 Å². The van der Waals surface area contributed by atoms with Crippen molar-refractivity contribution in [2.75, 3.05) is 30.7 Å². The van der Waals surface area contributed by atoms with Gasteiger partial charge < -0.3 is 10.2 Å². The Kier molecular flexibility index (Phi) is 6.95. The molecular formula is C21H23Cl2N3O4S. The summed E-state index contributed by atoms with van der Waals surface area (Å²) >= 11 is 12.2. The van der Waals surface area contributed by atoms with E-state index in [-0.39, 0.29) is 28.1 Å². The molecule has 0 bridgehead atoms. The van der Waals surface area contributed by atoms with Crippen molar-refractivity contribution >= 4 is 50.7 Å². The molecule has 0 aliphatic carbocycles. The molecule has 1 N–H and O–H groups in total. The van der Waals surface area contributed by atoms with Crippen molar-refractivity contribution in [3.63, 3.8) is 0 Å². The predicted octanol–water partition coefficient (Wildman–Crippen LogP) is 3.34. The van der Waals surface area contributed by atoms with Crippen molar-refractivity contribution in [2.45, 2.75) is 13.0 Å². The monoisotopic (exact) mass is 483 g/mol. The lowest BCUT2D eigenvalue weighted by Gasteiger charge is -2.25. The van der Waals surface area contributed by atoms with E-state index >= 15 is 0 Å². The van der Waals surface area contributed by atoms with Crippen LogP contribution < -0.4 is 9.62 Å². The first-order chi connectivity index (χ1) is 14.5. The SMILES string of the molecule is CC1CS(=O)(=O)N(c2ccc(C(=O)NCC(c3ccc(Cl)cc3)N(C)C)c(Cl)c2)C1=O. The maximum Gasteiger partial charge on any atom is 0.252 e. The normalized spacial score (nSPS) is 19.0. The summed E-state index contributed by atoms with van der Waals surface area (Å²) in [6.07, 6.45) is 0. The van der Waals surface area contributed by atoms with E-state index in [1.165, 1.54) is 18.2 Å². The molecule has 0 aromatic heterocycles. The Morgan fingerprint density at radius 3 is 2.35 bits per heavy atom. The smallest absolute Gasteiger partial charge is 0.252 e. The van der Waals surface area contributed by atoms with Crippen LogP contribution in [0.25, 0.3) is 0 Å². The summed E-state index contributed by atoms with van der Waals surface area (Å²) < 4.78 is 25.3. The summed E-state index contributed by atoms with van der Waals surface area (Å²) in [5.41, 5.74) is 1.31. The third kappa shape index (κ3) is 5.03. The van der Waals surface area contributed by atoms with Gasteiger partial charge in [0.25, 0.3) is 5.91 Å². The fourth-order valence-corrected chi connectivity index (χ4v) is 5.67. The van der Waals surface area contributed by atoms with E-state index in [1.807, 2.05) is 31.1 Å². The van der Waals surface area contributed by atoms with Crippen LogP contribution in [0.2, 0.25) is 10.0 Å². The van der Waals surface area contributed by atoms with E-state index in [4.69, 9.17) is 23.2 Å². The molecule has 0 saturated carbocycles. The van der Waals surface area contributed by atoms with Gasteiger partial charge in [0, 0.05) is 11.6 Å². The van der Waals surface area contributed by atoms with E-state index < -0.39 is 27.8 Å². The molecule has 1 fully saturated rings. The molecule has 2 atom stereocenters. The molecule has 2 aromatic carbocycles. The van der Waals surface area contributed by atoms with Crippen molar-refractivity contribution in [3.05, 3.63) is 63.6 Å². The number of hydrogen-bond donors (Lipinski definition) is 1. The molecule has 1 aliphatic rings. The largest absolute Gasteiger partial charge is 0.350 e. The first-order valence-corrected chi connectivity index (χ1v) is 11.9. The number of halogens is 2. The Morgan fingerprint density at radius 1 is 1.19 bits per heavy atom. The minimum absolute atomic E-state index is 0.0606. The van der Waals surface area contributed by atoms with Gasteiger partial charge in [0.2, 0.25) is 15.9 Å². The quantitative estimate of drug-likeness (QED) is 0.680. The van der Waals surface area contributed by atoms with Crippen LogP contribution in [0.4, 0.5) is 5.69 Å². The van der Waals surface area contributed by atoms with Crippen LogP contribution in [0, 0.1) is 5.92 Å². The fraction of sp³-hybridized carbons (Fsp3) is 0.333. The molecule has 1 saturated heterocycles. The maximum absolute atomic E-state index is 12.7. The number of likely N-dealkylation sites (N-methyl/N-ethyl adjacent to an activating group) is 1. The lowest BCUT2D eigenvalue weighted by atomic mass is 10.1. The first-order valence-electron chi connectivity index (χ1n) is 9.57. The molecule has 2 aromatic rings. The highest BCUT2D eigenvalue weighted by atomic mass is 35.5. The third-order valence-corrected chi connectivity index (χ3v) is 7.56. The summed E-state index contributed by atoms with van der Waals surface area (Å²) in [4.78, 5) is 27.0. The van der Waals surface area contributed by atoms with Gasteiger partial charge in [0.05, 0.1) is 34.0 Å². The van der Waals surface area contributed by atoms with Gasteiger partial charge in [-0.15, -0.1) is 0 Å². The number of rotatable bonds is 6. The predicted molar refractivity (Wildman–Crippen MR) is 122 cm³/mol. The fourth-order valence-electron chi connectivity index (χ4n) is 3.47. The van der Waals surface area contributed by atoms with Crippen LogP contribution in [0.15, 0.2) is 42.5 Å². The average molecular weight is 484 g/mol. The molecule has 166 valence electrons. The second-order valence-corrected chi connectivity index (χ2v) is 10.4. The number of nitrogens with one attached hydrogen (secondary N) is 1. The van der Waals surface area contributed by atoms with Crippen molar-refractivity contribution in [1.82, 2.24) is 10.2 Å². The lowest BCUT2D eigenvalue weighted by Crippen LogP contribution is -2.34. The number of sulfonamides is 1. The Labute approximate surface area is 192 Å². The van der Waals surface area contributed by atoms with Gasteiger partial charge in [-0.1, -0.05) is 42.3 Å². The maximum atomic E-state index is 12.7. The first kappa shape index (κ1) is 23.5. The van der Waals surface area contributed by atoms with Gasteiger partial charge >= 0.3 is 0 Å². The van der Waals surface area contributed by atoms with Crippen molar-refractivity contribution in [1.29, 1.82) is 0 Å². The van der Waals surface area contributed by atoms with Crippen molar-refractivity contribution < 1.29 is 18.0 Å². The average Bonchev–Trinajstić information content (AvgIpc) is 2.89. The van der Waals surface area contributed by atoms with E-state index in [1.54, 1.807) is 19.1 Å². The van der Waals surface area contributed by atoms with E-state index in [0.29, 0.717) is 11.6 Å². The zero-order valence-corrected chi connectivity index (χ0v) is 19.6. The molecule has 31 heavy (non-hydrogen) atoms. The molecule has 2 amide bonds. The van der Waals surface area contributed by atoms with Crippen LogP contribution >= 0.6 is 23.2 Å². The second-order valence-electron chi connectivity index (χ2n) is 7.69. The van der Waals surface area contributed by atoms with E-state index in [0.717, 1.165) is 9.87 Å². The summed E-state index contributed by atoms with van der Waals surface area (Å²) in [7, 11) is 0.0655. The number of hydrogen-bond acceptors (Lipinski definition) is 5. The van der Waals surface area contributed by atoms with Crippen molar-refractivity contribution in [3.8, 4) is 0 Å². The number of nitrogens with zero attached hydrogens (tertiary/aromatic N) is 2. The van der Waals surface area contributed by atoms with Crippen LogP contribution in [-0.2, 0) is 14.8 Å². The highest BCUT2D eigenvalue weighted by Crippen LogP contribution is 2.31. The molecular weight excluding hydrogens is 461 g/mol. The Balaban J connectivity index is 1.76. The number of carbonyl (C=O) groups is 2. The number of amides is 2. The van der Waals surface area contributed by atoms with Gasteiger partial charge in [-0.05, 0) is 50.0 Å². The minimum atomic E-state index is -3.74. The number of carbonyl (C=O) groups excluding carboxylic acids is 2. The summed E-state index contributed by atoms with van der Waals surface area (Å²) in [5, 5.41) is 3.55. The molecule has 2 unspecified atom stereocenters. The van der Waals surface area contributed by atoms with E-state index in [2.05, 4.69) is 5.32 Å². The molecule has 0 spiro atoms. The highest BCUT2D eigenvalue weighted by molar-refractivity contribution is 7.94. The molecule has 7 nitrogen and oxygen atoms in total. The standard InChI is InChI=1S/C21H23Cl2N3O4S/c1-13-12-31(29,30)26(21(13)28)16-8-9-17(18(23)10-16)20(27)24-11-19(25(2)3)14-4-6-15(22)7-5-14/h4-10,13,19H,11-12H2,1-3H3,(H,24,27). The van der Waals surface area contributed by atoms with Gasteiger partial charge in [-0.2, -0.15) is 0 Å². The summed E-state index contributed by atoms with van der Waals surface area (Å²) in [6, 6.07) is 11.5. The molecule has 1 heterocycles. The molecule has 3 rings (SSSR count). The van der Waals surface area contributed by atoms with Gasteiger partial charge in [0.1, 0.15) is 0 Å². The molecule has 1 aliphatic heterocycles.